The lowest BCUT2D eigenvalue weighted by Crippen LogP contribution is -2.45. The molecule has 0 radical (unpaired) electrons. The van der Waals surface area contributed by atoms with Crippen molar-refractivity contribution >= 4 is 46.6 Å². The highest BCUT2D eigenvalue weighted by Crippen LogP contribution is 2.33. The summed E-state index contributed by atoms with van der Waals surface area (Å²) in [4.78, 5) is 23.5. The van der Waals surface area contributed by atoms with Crippen LogP contribution >= 0.6 is 34.8 Å². The maximum atomic E-state index is 11.8. The van der Waals surface area contributed by atoms with E-state index < -0.39 is 11.8 Å². The molecule has 1 aromatic heterocycles. The van der Waals surface area contributed by atoms with E-state index in [4.69, 9.17) is 39.5 Å². The first-order chi connectivity index (χ1) is 11.8. The fourth-order valence-electron chi connectivity index (χ4n) is 1.94. The van der Waals surface area contributed by atoms with Gasteiger partial charge in [0.15, 0.2) is 6.61 Å². The van der Waals surface area contributed by atoms with Gasteiger partial charge in [0.25, 0.3) is 11.8 Å². The molecule has 0 fully saturated rings. The molecular weight excluding hydrogens is 391 g/mol. The summed E-state index contributed by atoms with van der Waals surface area (Å²) in [6, 6.07) is 4.66. The minimum atomic E-state index is -0.566. The van der Waals surface area contributed by atoms with Crippen LogP contribution in [0.1, 0.15) is 11.4 Å². The Morgan fingerprint density at radius 3 is 2.32 bits per heavy atom. The first-order valence-corrected chi connectivity index (χ1v) is 8.25. The minimum absolute atomic E-state index is 0.0145. The number of ether oxygens (including phenoxy) is 1. The molecule has 0 spiro atoms. The van der Waals surface area contributed by atoms with Crippen LogP contribution in [-0.2, 0) is 16.1 Å². The summed E-state index contributed by atoms with van der Waals surface area (Å²) < 4.78 is 6.78. The standard InChI is InChI=1S/C15H15Cl3N4O3/c1-8-3-9(2)22(21-8)6-14(23)19-20-15(24)7-25-13-5-11(17)10(16)4-12(13)18/h3-5H,6-7H2,1-2H3,(H,19,23)(H,20,24). The summed E-state index contributed by atoms with van der Waals surface area (Å²) >= 11 is 17.6. The highest BCUT2D eigenvalue weighted by atomic mass is 35.5. The normalized spacial score (nSPS) is 10.4. The van der Waals surface area contributed by atoms with Gasteiger partial charge in [-0.3, -0.25) is 25.1 Å². The van der Waals surface area contributed by atoms with E-state index in [2.05, 4.69) is 16.0 Å². The Hall–Kier alpha value is -1.96. The zero-order chi connectivity index (χ0) is 18.6. The molecule has 0 unspecified atom stereocenters. The Morgan fingerprint density at radius 2 is 1.68 bits per heavy atom. The molecule has 2 N–H and O–H groups in total. The van der Waals surface area contributed by atoms with Crippen molar-refractivity contribution in [2.75, 3.05) is 6.61 Å². The van der Waals surface area contributed by atoms with Gasteiger partial charge in [0.05, 0.1) is 20.8 Å². The fourth-order valence-corrected chi connectivity index (χ4v) is 2.54. The average Bonchev–Trinajstić information content (AvgIpc) is 2.85. The smallest absolute Gasteiger partial charge is 0.276 e. The zero-order valence-electron chi connectivity index (χ0n) is 13.4. The summed E-state index contributed by atoms with van der Waals surface area (Å²) in [5.41, 5.74) is 6.17. The van der Waals surface area contributed by atoms with E-state index in [0.29, 0.717) is 0 Å². The van der Waals surface area contributed by atoms with Gasteiger partial charge in [-0.25, -0.2) is 0 Å². The number of carbonyl (C=O) groups is 2. The molecule has 1 aromatic carbocycles. The maximum absolute atomic E-state index is 11.8. The van der Waals surface area contributed by atoms with Crippen LogP contribution in [0.2, 0.25) is 15.1 Å². The predicted molar refractivity (Wildman–Crippen MR) is 95.0 cm³/mol. The number of aromatic nitrogens is 2. The summed E-state index contributed by atoms with van der Waals surface area (Å²) in [6.07, 6.45) is 0. The van der Waals surface area contributed by atoms with Crippen molar-refractivity contribution < 1.29 is 14.3 Å². The van der Waals surface area contributed by atoms with Crippen LogP contribution in [0.4, 0.5) is 0 Å². The molecule has 2 amide bonds. The van der Waals surface area contributed by atoms with Gasteiger partial charge >= 0.3 is 0 Å². The Balaban J connectivity index is 1.80. The number of benzene rings is 1. The number of halogens is 3. The van der Waals surface area contributed by atoms with E-state index in [1.165, 1.54) is 16.8 Å². The molecule has 0 aliphatic rings. The molecule has 2 aromatic rings. The second-order valence-corrected chi connectivity index (χ2v) is 6.39. The average molecular weight is 406 g/mol. The molecule has 7 nitrogen and oxygen atoms in total. The molecular formula is C15H15Cl3N4O3. The SMILES string of the molecule is Cc1cc(C)n(CC(=O)NNC(=O)COc2cc(Cl)c(Cl)cc2Cl)n1. The van der Waals surface area contributed by atoms with E-state index in [1.807, 2.05) is 19.9 Å². The molecule has 1 heterocycles. The molecule has 134 valence electrons. The number of nitrogens with zero attached hydrogens (tertiary/aromatic N) is 2. The Morgan fingerprint density at radius 1 is 1.04 bits per heavy atom. The van der Waals surface area contributed by atoms with E-state index in [9.17, 15) is 9.59 Å². The Kier molecular flexibility index (Phi) is 6.52. The monoisotopic (exact) mass is 404 g/mol. The van der Waals surface area contributed by atoms with Gasteiger partial charge in [0.1, 0.15) is 12.3 Å². The molecule has 0 bridgehead atoms. The summed E-state index contributed by atoms with van der Waals surface area (Å²) in [7, 11) is 0. The van der Waals surface area contributed by atoms with Crippen molar-refractivity contribution in [1.82, 2.24) is 20.6 Å². The van der Waals surface area contributed by atoms with Crippen molar-refractivity contribution in [3.8, 4) is 5.75 Å². The Bertz CT molecular complexity index is 808. The first kappa shape index (κ1) is 19.4. The third-order valence-corrected chi connectivity index (χ3v) is 4.09. The predicted octanol–water partition coefficient (Wildman–Crippen LogP) is 2.69. The van der Waals surface area contributed by atoms with Gasteiger partial charge < -0.3 is 4.74 Å². The largest absolute Gasteiger partial charge is 0.482 e. The van der Waals surface area contributed by atoms with E-state index >= 15 is 0 Å². The number of hydrogen-bond acceptors (Lipinski definition) is 4. The van der Waals surface area contributed by atoms with Gasteiger partial charge in [-0.1, -0.05) is 34.8 Å². The number of nitrogens with one attached hydrogen (secondary N) is 2. The molecule has 0 saturated carbocycles. The van der Waals surface area contributed by atoms with E-state index in [-0.39, 0.29) is 34.0 Å². The lowest BCUT2D eigenvalue weighted by atomic mass is 10.3. The van der Waals surface area contributed by atoms with Gasteiger partial charge in [-0.05, 0) is 26.0 Å². The number of rotatable bonds is 5. The second-order valence-electron chi connectivity index (χ2n) is 5.17. The van der Waals surface area contributed by atoms with Crippen molar-refractivity contribution in [3.63, 3.8) is 0 Å². The maximum Gasteiger partial charge on any atom is 0.276 e. The van der Waals surface area contributed by atoms with Crippen LogP contribution in [0.5, 0.6) is 5.75 Å². The number of carbonyl (C=O) groups excluding carboxylic acids is 2. The number of hydrogen-bond donors (Lipinski definition) is 2. The molecule has 0 saturated heterocycles. The third-order valence-electron chi connectivity index (χ3n) is 3.07. The van der Waals surface area contributed by atoms with Crippen LogP contribution < -0.4 is 15.6 Å². The molecule has 0 aliphatic heterocycles. The summed E-state index contributed by atoms with van der Waals surface area (Å²) in [5.74, 6) is -0.781. The van der Waals surface area contributed by atoms with Gasteiger partial charge in [-0.15, -0.1) is 0 Å². The third kappa shape index (κ3) is 5.52. The second kappa shape index (κ2) is 8.42. The molecule has 10 heteroatoms. The van der Waals surface area contributed by atoms with Crippen LogP contribution in [0, 0.1) is 13.8 Å². The topological polar surface area (TPSA) is 85.2 Å². The summed E-state index contributed by atoms with van der Waals surface area (Å²) in [5, 5.41) is 4.90. The van der Waals surface area contributed by atoms with Crippen molar-refractivity contribution in [2.24, 2.45) is 0 Å². The van der Waals surface area contributed by atoms with Crippen molar-refractivity contribution in [2.45, 2.75) is 20.4 Å². The molecule has 25 heavy (non-hydrogen) atoms. The van der Waals surface area contributed by atoms with E-state index in [0.717, 1.165) is 11.4 Å². The fraction of sp³-hybridized carbons (Fsp3) is 0.267. The summed E-state index contributed by atoms with van der Waals surface area (Å²) in [6.45, 7) is 3.28. The van der Waals surface area contributed by atoms with Crippen LogP contribution in [0.25, 0.3) is 0 Å². The minimum Gasteiger partial charge on any atom is -0.482 e. The molecule has 0 atom stereocenters. The zero-order valence-corrected chi connectivity index (χ0v) is 15.7. The number of aryl methyl sites for hydroxylation is 2. The molecule has 0 aliphatic carbocycles. The van der Waals surface area contributed by atoms with Crippen LogP contribution in [0.15, 0.2) is 18.2 Å². The van der Waals surface area contributed by atoms with Gasteiger partial charge in [-0.2, -0.15) is 5.10 Å². The highest BCUT2D eigenvalue weighted by Gasteiger charge is 2.11. The van der Waals surface area contributed by atoms with Crippen LogP contribution in [0.3, 0.4) is 0 Å². The van der Waals surface area contributed by atoms with E-state index in [1.54, 1.807) is 0 Å². The van der Waals surface area contributed by atoms with Gasteiger partial charge in [0.2, 0.25) is 0 Å². The first-order valence-electron chi connectivity index (χ1n) is 7.12. The lowest BCUT2D eigenvalue weighted by molar-refractivity contribution is -0.130. The van der Waals surface area contributed by atoms with Crippen molar-refractivity contribution in [1.29, 1.82) is 0 Å². The molecule has 2 rings (SSSR count). The van der Waals surface area contributed by atoms with Crippen LogP contribution in [-0.4, -0.2) is 28.2 Å². The lowest BCUT2D eigenvalue weighted by Gasteiger charge is -2.11. The Labute approximate surface area is 159 Å². The number of hydrazine groups is 1. The van der Waals surface area contributed by atoms with Crippen molar-refractivity contribution in [3.05, 3.63) is 44.7 Å². The number of amides is 2. The van der Waals surface area contributed by atoms with Gasteiger partial charge in [0, 0.05) is 11.8 Å². The quantitative estimate of drug-likeness (QED) is 0.591. The highest BCUT2D eigenvalue weighted by molar-refractivity contribution is 6.43.